The van der Waals surface area contributed by atoms with Crippen LogP contribution in [0.4, 0.5) is 0 Å². The first-order valence-electron chi connectivity index (χ1n) is 5.74. The Bertz CT molecular complexity index is 640. The van der Waals surface area contributed by atoms with Gasteiger partial charge < -0.3 is 9.47 Å². The van der Waals surface area contributed by atoms with E-state index in [1.165, 1.54) is 0 Å². The second-order valence-corrected chi connectivity index (χ2v) is 8.70. The van der Waals surface area contributed by atoms with E-state index < -0.39 is 0 Å². The summed E-state index contributed by atoms with van der Waals surface area (Å²) in [5.41, 5.74) is 0.970. The number of halogens is 4. The average Bonchev–Trinajstić information content (AvgIpc) is 2.77. The van der Waals surface area contributed by atoms with Crippen LogP contribution in [0, 0.1) is 0 Å². The van der Waals surface area contributed by atoms with Gasteiger partial charge in [0.05, 0.1) is 9.16 Å². The van der Waals surface area contributed by atoms with Crippen LogP contribution in [0.15, 0.2) is 30.9 Å². The predicted molar refractivity (Wildman–Crippen MR) is 92.5 cm³/mol. The molecule has 1 aromatic carbocycles. The van der Waals surface area contributed by atoms with E-state index in [4.69, 9.17) is 21.1 Å². The molecular weight excluding hydrogens is 495 g/mol. The van der Waals surface area contributed by atoms with Gasteiger partial charge in [-0.15, -0.1) is 22.9 Å². The largest absolute Gasteiger partial charge is 0.486 e. The fraction of sp³-hybridized carbons (Fsp3) is 0.231. The van der Waals surface area contributed by atoms with E-state index in [1.54, 1.807) is 11.3 Å². The van der Waals surface area contributed by atoms with Crippen LogP contribution in [0.3, 0.4) is 0 Å². The summed E-state index contributed by atoms with van der Waals surface area (Å²) in [6.45, 7) is 1.14. The van der Waals surface area contributed by atoms with E-state index in [0.717, 1.165) is 34.7 Å². The predicted octanol–water partition coefficient (Wildman–Crippen LogP) is 6.14. The van der Waals surface area contributed by atoms with Crippen molar-refractivity contribution >= 4 is 70.7 Å². The Hall–Kier alpha value is 0.250. The zero-order chi connectivity index (χ0) is 14.3. The first-order chi connectivity index (χ1) is 9.56. The minimum Gasteiger partial charge on any atom is -0.486 e. The highest BCUT2D eigenvalue weighted by molar-refractivity contribution is 9.13. The van der Waals surface area contributed by atoms with Gasteiger partial charge >= 0.3 is 0 Å². The summed E-state index contributed by atoms with van der Waals surface area (Å²) in [6, 6.07) is 5.88. The smallest absolute Gasteiger partial charge is 0.162 e. The van der Waals surface area contributed by atoms with Crippen LogP contribution in [0.5, 0.6) is 11.5 Å². The van der Waals surface area contributed by atoms with Crippen LogP contribution in [0.2, 0.25) is 0 Å². The molecule has 2 aromatic rings. The molecule has 2 nitrogen and oxygen atoms in total. The first kappa shape index (κ1) is 15.2. The van der Waals surface area contributed by atoms with Crippen LogP contribution in [0.1, 0.15) is 15.8 Å². The zero-order valence-corrected chi connectivity index (χ0v) is 16.3. The Morgan fingerprint density at radius 3 is 2.25 bits per heavy atom. The molecule has 0 fully saturated rings. The SMILES string of the molecule is ClC(c1cc(Br)c(Br)s1)c1cc2c(cc1Br)OCCO2. The summed E-state index contributed by atoms with van der Waals surface area (Å²) in [6.07, 6.45) is 0. The van der Waals surface area contributed by atoms with Gasteiger partial charge in [0.2, 0.25) is 0 Å². The molecule has 0 spiro atoms. The molecule has 0 saturated carbocycles. The summed E-state index contributed by atoms with van der Waals surface area (Å²) in [7, 11) is 0. The molecule has 106 valence electrons. The number of thiophene rings is 1. The van der Waals surface area contributed by atoms with Crippen molar-refractivity contribution in [1.82, 2.24) is 0 Å². The summed E-state index contributed by atoms with van der Waals surface area (Å²) in [5.74, 6) is 1.50. The molecule has 1 aromatic heterocycles. The normalized spacial score (nSPS) is 15.2. The fourth-order valence-corrected chi connectivity index (χ4v) is 5.06. The molecule has 20 heavy (non-hydrogen) atoms. The highest BCUT2D eigenvalue weighted by Crippen LogP contribution is 2.45. The molecule has 0 saturated heterocycles. The lowest BCUT2D eigenvalue weighted by molar-refractivity contribution is 0.171. The van der Waals surface area contributed by atoms with Gasteiger partial charge in [-0.2, -0.15) is 0 Å². The third-order valence-electron chi connectivity index (χ3n) is 2.85. The second kappa shape index (κ2) is 6.16. The maximum atomic E-state index is 6.61. The molecule has 2 heterocycles. The van der Waals surface area contributed by atoms with E-state index in [2.05, 4.69) is 47.8 Å². The van der Waals surface area contributed by atoms with Crippen molar-refractivity contribution in [2.75, 3.05) is 13.2 Å². The standard InChI is InChI=1S/C13H8Br3ClO2S/c14-7-4-10-9(18-1-2-19-10)3-6(7)12(17)11-5-8(15)13(16)20-11/h3-5,12H,1-2H2. The van der Waals surface area contributed by atoms with Gasteiger partial charge in [-0.25, -0.2) is 0 Å². The molecule has 0 bridgehead atoms. The van der Waals surface area contributed by atoms with Crippen molar-refractivity contribution in [2.24, 2.45) is 0 Å². The minimum absolute atomic E-state index is 0.243. The molecule has 7 heteroatoms. The van der Waals surface area contributed by atoms with Crippen molar-refractivity contribution in [2.45, 2.75) is 5.38 Å². The lowest BCUT2D eigenvalue weighted by Crippen LogP contribution is -2.15. The van der Waals surface area contributed by atoms with E-state index in [0.29, 0.717) is 13.2 Å². The number of benzene rings is 1. The molecule has 0 radical (unpaired) electrons. The third kappa shape index (κ3) is 2.90. The second-order valence-electron chi connectivity index (χ2n) is 4.15. The number of hydrogen-bond donors (Lipinski definition) is 0. The molecular formula is C13H8Br3ClO2S. The van der Waals surface area contributed by atoms with Crippen molar-refractivity contribution in [3.63, 3.8) is 0 Å². The summed E-state index contributed by atoms with van der Waals surface area (Å²) < 4.78 is 14.1. The lowest BCUT2D eigenvalue weighted by Gasteiger charge is -2.21. The van der Waals surface area contributed by atoms with Crippen molar-refractivity contribution in [3.8, 4) is 11.5 Å². The van der Waals surface area contributed by atoms with Gasteiger partial charge in [0.25, 0.3) is 0 Å². The Morgan fingerprint density at radius 1 is 1.00 bits per heavy atom. The summed E-state index contributed by atoms with van der Waals surface area (Å²) >= 11 is 18.8. The van der Waals surface area contributed by atoms with Gasteiger partial charge in [0.1, 0.15) is 13.2 Å². The van der Waals surface area contributed by atoms with E-state index >= 15 is 0 Å². The zero-order valence-electron chi connectivity index (χ0n) is 9.96. The molecule has 1 atom stereocenters. The molecule has 3 rings (SSSR count). The Morgan fingerprint density at radius 2 is 1.65 bits per heavy atom. The number of ether oxygens (including phenoxy) is 2. The molecule has 1 aliphatic heterocycles. The number of alkyl halides is 1. The monoisotopic (exact) mass is 500 g/mol. The van der Waals surface area contributed by atoms with Gasteiger partial charge in [-0.05, 0) is 55.6 Å². The summed E-state index contributed by atoms with van der Waals surface area (Å²) in [4.78, 5) is 1.06. The van der Waals surface area contributed by atoms with Gasteiger partial charge in [-0.3, -0.25) is 0 Å². The van der Waals surface area contributed by atoms with Crippen molar-refractivity contribution in [3.05, 3.63) is 41.4 Å². The molecule has 0 amide bonds. The average molecular weight is 503 g/mol. The van der Waals surface area contributed by atoms with Crippen molar-refractivity contribution < 1.29 is 9.47 Å². The maximum Gasteiger partial charge on any atom is 0.162 e. The minimum atomic E-state index is -0.243. The Kier molecular flexibility index (Phi) is 4.67. The van der Waals surface area contributed by atoms with Crippen LogP contribution >= 0.6 is 70.7 Å². The Balaban J connectivity index is 2.00. The van der Waals surface area contributed by atoms with Gasteiger partial charge in [0.15, 0.2) is 11.5 Å². The highest BCUT2D eigenvalue weighted by atomic mass is 79.9. The van der Waals surface area contributed by atoms with Gasteiger partial charge in [-0.1, -0.05) is 15.9 Å². The third-order valence-corrected chi connectivity index (χ3v) is 7.46. The highest BCUT2D eigenvalue weighted by Gasteiger charge is 2.22. The quantitative estimate of drug-likeness (QED) is 0.459. The van der Waals surface area contributed by atoms with Crippen LogP contribution in [-0.2, 0) is 0 Å². The van der Waals surface area contributed by atoms with E-state index in [1.807, 2.05) is 18.2 Å². The number of hydrogen-bond acceptors (Lipinski definition) is 3. The van der Waals surface area contributed by atoms with E-state index in [9.17, 15) is 0 Å². The molecule has 0 aliphatic carbocycles. The molecule has 1 aliphatic rings. The molecule has 1 unspecified atom stereocenters. The van der Waals surface area contributed by atoms with Crippen molar-refractivity contribution in [1.29, 1.82) is 0 Å². The Labute approximate surface area is 150 Å². The maximum absolute atomic E-state index is 6.61. The topological polar surface area (TPSA) is 18.5 Å². The number of fused-ring (bicyclic) bond motifs is 1. The number of rotatable bonds is 2. The lowest BCUT2D eigenvalue weighted by atomic mass is 10.1. The van der Waals surface area contributed by atoms with Gasteiger partial charge in [0, 0.05) is 13.8 Å². The van der Waals surface area contributed by atoms with Crippen LogP contribution in [-0.4, -0.2) is 13.2 Å². The van der Waals surface area contributed by atoms with Crippen LogP contribution in [0.25, 0.3) is 0 Å². The first-order valence-corrected chi connectivity index (χ1v) is 9.37. The fourth-order valence-electron chi connectivity index (χ4n) is 1.92. The summed E-state index contributed by atoms with van der Waals surface area (Å²) in [5, 5.41) is -0.243. The van der Waals surface area contributed by atoms with Crippen LogP contribution < -0.4 is 9.47 Å². The van der Waals surface area contributed by atoms with E-state index in [-0.39, 0.29) is 5.38 Å². The molecule has 0 N–H and O–H groups in total.